The lowest BCUT2D eigenvalue weighted by Crippen LogP contribution is -2.24. The molecule has 2 aromatic rings. The van der Waals surface area contributed by atoms with E-state index in [4.69, 9.17) is 32.7 Å². The van der Waals surface area contributed by atoms with Crippen molar-refractivity contribution in [2.24, 2.45) is 5.10 Å². The molecular weight excluding hydrogens is 339 g/mol. The third-order valence-electron chi connectivity index (χ3n) is 2.77. The number of ether oxygens (including phenoxy) is 2. The summed E-state index contributed by atoms with van der Waals surface area (Å²) in [5, 5.41) is 4.70. The maximum absolute atomic E-state index is 11.7. The molecule has 1 N–H and O–H groups in total. The van der Waals surface area contributed by atoms with E-state index in [1.807, 2.05) is 6.07 Å². The Morgan fingerprint density at radius 2 is 1.91 bits per heavy atom. The monoisotopic (exact) mass is 352 g/mol. The first-order valence-corrected chi connectivity index (χ1v) is 7.38. The molecule has 0 aliphatic rings. The Hall–Kier alpha value is -2.24. The SMILES string of the molecule is COc1ccccc1OCC(=O)N/N=C\c1ccc(Cl)c(Cl)c1. The van der Waals surface area contributed by atoms with Crippen LogP contribution in [0, 0.1) is 0 Å². The smallest absolute Gasteiger partial charge is 0.277 e. The molecule has 0 aliphatic carbocycles. The number of nitrogens with one attached hydrogen (secondary N) is 1. The van der Waals surface area contributed by atoms with Crippen molar-refractivity contribution >= 4 is 35.3 Å². The number of amides is 1. The van der Waals surface area contributed by atoms with Gasteiger partial charge in [0.2, 0.25) is 0 Å². The lowest BCUT2D eigenvalue weighted by atomic mass is 10.2. The molecule has 0 saturated carbocycles. The van der Waals surface area contributed by atoms with Crippen LogP contribution in [0.1, 0.15) is 5.56 Å². The summed E-state index contributed by atoms with van der Waals surface area (Å²) in [7, 11) is 1.53. The molecule has 0 fully saturated rings. The third kappa shape index (κ3) is 5.16. The minimum Gasteiger partial charge on any atom is -0.493 e. The van der Waals surface area contributed by atoms with Gasteiger partial charge in [0.25, 0.3) is 5.91 Å². The van der Waals surface area contributed by atoms with Crippen molar-refractivity contribution in [3.8, 4) is 11.5 Å². The number of carbonyl (C=O) groups excluding carboxylic acids is 1. The molecule has 0 saturated heterocycles. The van der Waals surface area contributed by atoms with Crippen molar-refractivity contribution < 1.29 is 14.3 Å². The first-order chi connectivity index (χ1) is 11.1. The second-order valence-corrected chi connectivity index (χ2v) is 5.22. The normalized spacial score (nSPS) is 10.6. The number of rotatable bonds is 6. The maximum atomic E-state index is 11.7. The van der Waals surface area contributed by atoms with E-state index >= 15 is 0 Å². The first-order valence-electron chi connectivity index (χ1n) is 6.63. The second-order valence-electron chi connectivity index (χ2n) is 4.41. The topological polar surface area (TPSA) is 59.9 Å². The molecule has 0 bridgehead atoms. The predicted molar refractivity (Wildman–Crippen MR) is 90.7 cm³/mol. The zero-order valence-electron chi connectivity index (χ0n) is 12.3. The van der Waals surface area contributed by atoms with Crippen LogP contribution in [0.25, 0.3) is 0 Å². The van der Waals surface area contributed by atoms with Gasteiger partial charge in [-0.25, -0.2) is 5.43 Å². The molecular formula is C16H14Cl2N2O3. The molecule has 23 heavy (non-hydrogen) atoms. The van der Waals surface area contributed by atoms with Crippen LogP contribution >= 0.6 is 23.2 Å². The summed E-state index contributed by atoms with van der Waals surface area (Å²) in [6, 6.07) is 12.1. The quantitative estimate of drug-likeness (QED) is 0.638. The molecule has 0 spiro atoms. The number of hydrazone groups is 1. The Labute approximate surface area is 143 Å². The molecule has 2 aromatic carbocycles. The fraction of sp³-hybridized carbons (Fsp3) is 0.125. The molecule has 0 unspecified atom stereocenters. The zero-order chi connectivity index (χ0) is 16.7. The lowest BCUT2D eigenvalue weighted by molar-refractivity contribution is -0.123. The third-order valence-corrected chi connectivity index (χ3v) is 3.51. The van der Waals surface area contributed by atoms with Gasteiger partial charge in [0, 0.05) is 0 Å². The molecule has 0 heterocycles. The molecule has 0 radical (unpaired) electrons. The van der Waals surface area contributed by atoms with Crippen LogP contribution in [0.4, 0.5) is 0 Å². The van der Waals surface area contributed by atoms with Crippen molar-refractivity contribution in [1.82, 2.24) is 5.43 Å². The van der Waals surface area contributed by atoms with Crippen LogP contribution < -0.4 is 14.9 Å². The van der Waals surface area contributed by atoms with Crippen LogP contribution in [-0.4, -0.2) is 25.8 Å². The van der Waals surface area contributed by atoms with Gasteiger partial charge in [0.05, 0.1) is 23.4 Å². The number of para-hydroxylation sites is 2. The number of methoxy groups -OCH3 is 1. The Balaban J connectivity index is 1.85. The lowest BCUT2D eigenvalue weighted by Gasteiger charge is -2.09. The molecule has 7 heteroatoms. The van der Waals surface area contributed by atoms with Crippen LogP contribution in [0.15, 0.2) is 47.6 Å². The molecule has 0 aromatic heterocycles. The zero-order valence-corrected chi connectivity index (χ0v) is 13.8. The van der Waals surface area contributed by atoms with Crippen molar-refractivity contribution in [3.05, 3.63) is 58.1 Å². The van der Waals surface area contributed by atoms with Gasteiger partial charge < -0.3 is 9.47 Å². The fourth-order valence-corrected chi connectivity index (χ4v) is 1.99. The molecule has 120 valence electrons. The average Bonchev–Trinajstić information content (AvgIpc) is 2.56. The van der Waals surface area contributed by atoms with E-state index in [1.165, 1.54) is 13.3 Å². The van der Waals surface area contributed by atoms with E-state index in [-0.39, 0.29) is 6.61 Å². The van der Waals surface area contributed by atoms with Crippen LogP contribution in [0.5, 0.6) is 11.5 Å². The minimum absolute atomic E-state index is 0.181. The van der Waals surface area contributed by atoms with Crippen molar-refractivity contribution in [1.29, 1.82) is 0 Å². The highest BCUT2D eigenvalue weighted by atomic mass is 35.5. The van der Waals surface area contributed by atoms with Crippen molar-refractivity contribution in [2.75, 3.05) is 13.7 Å². The number of hydrogen-bond donors (Lipinski definition) is 1. The summed E-state index contributed by atoms with van der Waals surface area (Å²) in [6.45, 7) is -0.181. The Kier molecular flexibility index (Phi) is 6.26. The van der Waals surface area contributed by atoms with Gasteiger partial charge >= 0.3 is 0 Å². The number of halogens is 2. The van der Waals surface area contributed by atoms with Gasteiger partial charge in [0.15, 0.2) is 18.1 Å². The van der Waals surface area contributed by atoms with E-state index in [9.17, 15) is 4.79 Å². The van der Waals surface area contributed by atoms with E-state index in [0.717, 1.165) is 0 Å². The number of nitrogens with zero attached hydrogens (tertiary/aromatic N) is 1. The van der Waals surface area contributed by atoms with E-state index < -0.39 is 5.91 Å². The van der Waals surface area contributed by atoms with Gasteiger partial charge in [0.1, 0.15) is 0 Å². The fourth-order valence-electron chi connectivity index (χ4n) is 1.69. The van der Waals surface area contributed by atoms with Gasteiger partial charge in [-0.2, -0.15) is 5.10 Å². The molecule has 0 atom stereocenters. The summed E-state index contributed by atoms with van der Waals surface area (Å²) in [5.74, 6) is 0.644. The van der Waals surface area contributed by atoms with E-state index in [1.54, 1.807) is 36.4 Å². The number of hydrogen-bond acceptors (Lipinski definition) is 4. The Morgan fingerprint density at radius 1 is 1.17 bits per heavy atom. The van der Waals surface area contributed by atoms with Crippen LogP contribution in [-0.2, 0) is 4.79 Å². The summed E-state index contributed by atoms with van der Waals surface area (Å²) in [5.41, 5.74) is 3.07. The van der Waals surface area contributed by atoms with Crippen molar-refractivity contribution in [3.63, 3.8) is 0 Å². The number of carbonyl (C=O) groups is 1. The van der Waals surface area contributed by atoms with E-state index in [2.05, 4.69) is 10.5 Å². The van der Waals surface area contributed by atoms with Gasteiger partial charge in [-0.15, -0.1) is 0 Å². The largest absolute Gasteiger partial charge is 0.493 e. The number of benzene rings is 2. The molecule has 2 rings (SSSR count). The molecule has 5 nitrogen and oxygen atoms in total. The highest BCUT2D eigenvalue weighted by Crippen LogP contribution is 2.25. The highest BCUT2D eigenvalue weighted by molar-refractivity contribution is 6.42. The Morgan fingerprint density at radius 3 is 2.61 bits per heavy atom. The first kappa shape index (κ1) is 17.1. The van der Waals surface area contributed by atoms with E-state index in [0.29, 0.717) is 27.1 Å². The summed E-state index contributed by atoms with van der Waals surface area (Å²) in [6.07, 6.45) is 1.46. The Bertz CT molecular complexity index is 720. The maximum Gasteiger partial charge on any atom is 0.277 e. The van der Waals surface area contributed by atoms with Crippen molar-refractivity contribution in [2.45, 2.75) is 0 Å². The minimum atomic E-state index is -0.396. The summed E-state index contributed by atoms with van der Waals surface area (Å²) >= 11 is 11.7. The summed E-state index contributed by atoms with van der Waals surface area (Å²) < 4.78 is 10.5. The van der Waals surface area contributed by atoms with Gasteiger partial charge in [-0.3, -0.25) is 4.79 Å². The van der Waals surface area contributed by atoms with Gasteiger partial charge in [-0.1, -0.05) is 41.4 Å². The van der Waals surface area contributed by atoms with Crippen LogP contribution in [0.3, 0.4) is 0 Å². The van der Waals surface area contributed by atoms with Crippen LogP contribution in [0.2, 0.25) is 10.0 Å². The average molecular weight is 353 g/mol. The molecule has 1 amide bonds. The molecule has 0 aliphatic heterocycles. The second kappa shape index (κ2) is 8.41. The highest BCUT2D eigenvalue weighted by Gasteiger charge is 2.06. The van der Waals surface area contributed by atoms with Gasteiger partial charge in [-0.05, 0) is 29.8 Å². The standard InChI is InChI=1S/C16H14Cl2N2O3/c1-22-14-4-2-3-5-15(14)23-10-16(21)20-19-9-11-6-7-12(17)13(18)8-11/h2-9H,10H2,1H3,(H,20,21)/b19-9-. The summed E-state index contributed by atoms with van der Waals surface area (Å²) in [4.78, 5) is 11.7. The predicted octanol–water partition coefficient (Wildman–Crippen LogP) is 3.53.